The normalized spacial score (nSPS) is 23.0. The second-order valence-electron chi connectivity index (χ2n) is 10.8. The number of hydrogen-bond donors (Lipinski definition) is 0. The van der Waals surface area contributed by atoms with Crippen molar-refractivity contribution >= 4 is 0 Å². The first-order valence-electron chi connectivity index (χ1n) is 12.1. The maximum Gasteiger partial charge on any atom is 0.0315 e. The van der Waals surface area contributed by atoms with Crippen LogP contribution in [0.2, 0.25) is 0 Å². The van der Waals surface area contributed by atoms with E-state index in [1.165, 1.54) is 37.1 Å². The lowest BCUT2D eigenvalue weighted by Crippen LogP contribution is -2.37. The van der Waals surface area contributed by atoms with Gasteiger partial charge in [0, 0.05) is 18.3 Å². The van der Waals surface area contributed by atoms with Crippen molar-refractivity contribution in [2.75, 3.05) is 6.54 Å². The minimum Gasteiger partial charge on any atom is -0.372 e. The number of rotatable bonds is 12. The predicted molar refractivity (Wildman–Crippen MR) is 127 cm³/mol. The van der Waals surface area contributed by atoms with Gasteiger partial charge in [-0.15, -0.1) is 0 Å². The second-order valence-corrected chi connectivity index (χ2v) is 10.8. The van der Waals surface area contributed by atoms with Crippen LogP contribution in [-0.4, -0.2) is 17.5 Å². The highest BCUT2D eigenvalue weighted by Crippen LogP contribution is 2.40. The number of allylic oxidation sites excluding steroid dienone is 2. The lowest BCUT2D eigenvalue weighted by molar-refractivity contribution is 0.160. The van der Waals surface area contributed by atoms with Crippen LogP contribution in [0.3, 0.4) is 0 Å². The summed E-state index contributed by atoms with van der Waals surface area (Å²) in [7, 11) is 0. The molecule has 0 bridgehead atoms. The Kier molecular flexibility index (Phi) is 10.4. The predicted octanol–water partition coefficient (Wildman–Crippen LogP) is 8.18. The fraction of sp³-hybridized carbons (Fsp3) is 0.852. The topological polar surface area (TPSA) is 3.24 Å². The molecule has 1 saturated heterocycles. The van der Waals surface area contributed by atoms with Crippen LogP contribution in [0.15, 0.2) is 24.4 Å². The molecule has 1 aliphatic heterocycles. The summed E-state index contributed by atoms with van der Waals surface area (Å²) >= 11 is 0. The van der Waals surface area contributed by atoms with Crippen molar-refractivity contribution in [3.8, 4) is 0 Å². The smallest absolute Gasteiger partial charge is 0.0315 e. The quantitative estimate of drug-likeness (QED) is 0.304. The number of likely N-dealkylation sites (tertiary alicyclic amines) is 1. The largest absolute Gasteiger partial charge is 0.372 e. The third-order valence-corrected chi connectivity index (χ3v) is 7.77. The molecule has 0 amide bonds. The molecule has 0 N–H and O–H groups in total. The molecule has 164 valence electrons. The van der Waals surface area contributed by atoms with Crippen molar-refractivity contribution in [1.82, 2.24) is 4.90 Å². The Morgan fingerprint density at radius 1 is 0.929 bits per heavy atom. The molecule has 0 aliphatic carbocycles. The molecule has 1 rings (SSSR count). The molecular weight excluding hydrogens is 338 g/mol. The van der Waals surface area contributed by atoms with Crippen LogP contribution in [0.1, 0.15) is 94.4 Å². The van der Waals surface area contributed by atoms with Crippen molar-refractivity contribution in [3.63, 3.8) is 0 Å². The van der Waals surface area contributed by atoms with E-state index < -0.39 is 0 Å². The van der Waals surface area contributed by atoms with E-state index in [9.17, 15) is 0 Å². The molecule has 6 unspecified atom stereocenters. The molecule has 0 aromatic rings. The van der Waals surface area contributed by atoms with E-state index in [0.29, 0.717) is 29.7 Å². The van der Waals surface area contributed by atoms with Crippen molar-refractivity contribution in [2.45, 2.75) is 100 Å². The molecule has 1 heterocycles. The van der Waals surface area contributed by atoms with Gasteiger partial charge in [0.1, 0.15) is 0 Å². The van der Waals surface area contributed by atoms with Crippen LogP contribution in [-0.2, 0) is 0 Å². The van der Waals surface area contributed by atoms with Crippen molar-refractivity contribution in [3.05, 3.63) is 24.4 Å². The highest BCUT2D eigenvalue weighted by atomic mass is 15.2. The van der Waals surface area contributed by atoms with Gasteiger partial charge in [-0.2, -0.15) is 0 Å². The van der Waals surface area contributed by atoms with Gasteiger partial charge in [-0.05, 0) is 67.1 Å². The fourth-order valence-electron chi connectivity index (χ4n) is 5.60. The number of hydrogen-bond acceptors (Lipinski definition) is 1. The monoisotopic (exact) mass is 389 g/mol. The van der Waals surface area contributed by atoms with Crippen LogP contribution in [0.4, 0.5) is 0 Å². The summed E-state index contributed by atoms with van der Waals surface area (Å²) in [5, 5.41) is 0. The zero-order chi connectivity index (χ0) is 21.6. The first-order chi connectivity index (χ1) is 13.0. The maximum atomic E-state index is 4.59. The third kappa shape index (κ3) is 6.67. The summed E-state index contributed by atoms with van der Waals surface area (Å²) in [5.74, 6) is 4.83. The van der Waals surface area contributed by atoms with Gasteiger partial charge in [-0.25, -0.2) is 0 Å². The van der Waals surface area contributed by atoms with E-state index >= 15 is 0 Å². The summed E-state index contributed by atoms with van der Waals surface area (Å²) in [6.07, 6.45) is 6.20. The minimum atomic E-state index is 0.587. The standard InChI is InChI=1S/C27H51N/c1-12-20(6)27(25(11)21(7)16-18(2)3)22(8)17-23(9)28-15-13-14-26(28)24(10)19(4)5/h18-20,22,24-27H,7,9,12-17H2,1-6,8,10-11H3. The summed E-state index contributed by atoms with van der Waals surface area (Å²) in [5.41, 5.74) is 2.84. The van der Waals surface area contributed by atoms with Gasteiger partial charge in [0.05, 0.1) is 0 Å². The van der Waals surface area contributed by atoms with E-state index in [-0.39, 0.29) is 0 Å². The average molecular weight is 390 g/mol. The highest BCUT2D eigenvalue weighted by molar-refractivity contribution is 5.07. The summed E-state index contributed by atoms with van der Waals surface area (Å²) in [6.45, 7) is 31.8. The summed E-state index contributed by atoms with van der Waals surface area (Å²) in [4.78, 5) is 2.67. The molecule has 1 aliphatic rings. The molecule has 1 nitrogen and oxygen atoms in total. The number of nitrogens with zero attached hydrogens (tertiary/aromatic N) is 1. The van der Waals surface area contributed by atoms with Gasteiger partial charge in [-0.3, -0.25) is 0 Å². The van der Waals surface area contributed by atoms with Crippen LogP contribution in [0.25, 0.3) is 0 Å². The average Bonchev–Trinajstić information content (AvgIpc) is 3.09. The molecule has 0 aromatic carbocycles. The van der Waals surface area contributed by atoms with E-state index in [0.717, 1.165) is 30.6 Å². The van der Waals surface area contributed by atoms with Crippen LogP contribution < -0.4 is 0 Å². The molecular formula is C27H51N. The molecule has 6 atom stereocenters. The van der Waals surface area contributed by atoms with Gasteiger partial charge in [0.25, 0.3) is 0 Å². The zero-order valence-corrected chi connectivity index (χ0v) is 20.7. The van der Waals surface area contributed by atoms with Gasteiger partial charge in [-0.1, -0.05) is 87.5 Å². The van der Waals surface area contributed by atoms with E-state index in [2.05, 4.69) is 80.4 Å². The molecule has 0 saturated carbocycles. The maximum absolute atomic E-state index is 4.59. The van der Waals surface area contributed by atoms with E-state index in [4.69, 9.17) is 0 Å². The van der Waals surface area contributed by atoms with Gasteiger partial charge < -0.3 is 4.90 Å². The Bertz CT molecular complexity index is 488. The van der Waals surface area contributed by atoms with Crippen LogP contribution in [0.5, 0.6) is 0 Å². The van der Waals surface area contributed by atoms with E-state index in [1.807, 2.05) is 0 Å². The van der Waals surface area contributed by atoms with Gasteiger partial charge in [0.2, 0.25) is 0 Å². The van der Waals surface area contributed by atoms with Crippen molar-refractivity contribution < 1.29 is 0 Å². The molecule has 0 radical (unpaired) electrons. The molecule has 28 heavy (non-hydrogen) atoms. The van der Waals surface area contributed by atoms with E-state index in [1.54, 1.807) is 0 Å². The minimum absolute atomic E-state index is 0.587. The second kappa shape index (κ2) is 11.5. The first-order valence-corrected chi connectivity index (χ1v) is 12.1. The summed E-state index contributed by atoms with van der Waals surface area (Å²) in [6, 6.07) is 0.690. The third-order valence-electron chi connectivity index (χ3n) is 7.77. The Morgan fingerprint density at radius 2 is 1.54 bits per heavy atom. The Labute approximate surface area is 178 Å². The van der Waals surface area contributed by atoms with Gasteiger partial charge >= 0.3 is 0 Å². The van der Waals surface area contributed by atoms with Crippen molar-refractivity contribution in [1.29, 1.82) is 0 Å². The van der Waals surface area contributed by atoms with Crippen LogP contribution in [0, 0.1) is 41.4 Å². The highest BCUT2D eigenvalue weighted by Gasteiger charge is 2.34. The van der Waals surface area contributed by atoms with Gasteiger partial charge in [0.15, 0.2) is 0 Å². The Morgan fingerprint density at radius 3 is 2.04 bits per heavy atom. The Hall–Kier alpha value is -0.720. The first kappa shape index (κ1) is 25.3. The molecule has 1 heteroatoms. The molecule has 0 spiro atoms. The lowest BCUT2D eigenvalue weighted by Gasteiger charge is -2.39. The SMILES string of the molecule is C=C(CC(C)C)C(C)C(C(C)CC)C(C)CC(=C)N1CCCC1C(C)C(C)C. The Balaban J connectivity index is 2.87. The zero-order valence-electron chi connectivity index (χ0n) is 20.7. The lowest BCUT2D eigenvalue weighted by atomic mass is 9.69. The molecule has 1 fully saturated rings. The molecule has 0 aromatic heterocycles. The van der Waals surface area contributed by atoms with Crippen LogP contribution >= 0.6 is 0 Å². The summed E-state index contributed by atoms with van der Waals surface area (Å²) < 4.78 is 0. The fourth-order valence-corrected chi connectivity index (χ4v) is 5.60. The van der Waals surface area contributed by atoms with Crippen molar-refractivity contribution in [2.24, 2.45) is 41.4 Å².